The zero-order valence-electron chi connectivity index (χ0n) is 14.7. The Morgan fingerprint density at radius 1 is 0.833 bits per heavy atom. The number of carbonyl (C=O) groups excluding carboxylic acids is 1. The van der Waals surface area contributed by atoms with Gasteiger partial charge < -0.3 is 0 Å². The second-order valence-corrected chi connectivity index (χ2v) is 3.95. The summed E-state index contributed by atoms with van der Waals surface area (Å²) < 4.78 is 0. The highest BCUT2D eigenvalue weighted by Gasteiger charge is 2.11. The zero-order chi connectivity index (χ0) is 15.4. The first-order chi connectivity index (χ1) is 8.63. The van der Waals surface area contributed by atoms with Crippen molar-refractivity contribution in [3.8, 4) is 0 Å². The molecule has 1 heteroatoms. The first kappa shape index (κ1) is 26.3. The van der Waals surface area contributed by atoms with Gasteiger partial charge in [0.25, 0.3) is 0 Å². The molecule has 0 aromatic carbocycles. The maximum absolute atomic E-state index is 11.0. The molecule has 0 aromatic rings. The number of unbranched alkanes of at least 4 members (excludes halogenated alkanes) is 1. The van der Waals surface area contributed by atoms with Gasteiger partial charge in [0.1, 0.15) is 5.78 Å². The highest BCUT2D eigenvalue weighted by Crippen LogP contribution is 2.15. The van der Waals surface area contributed by atoms with E-state index in [-0.39, 0.29) is 0 Å². The third-order valence-electron chi connectivity index (χ3n) is 2.12. The van der Waals surface area contributed by atoms with Crippen LogP contribution in [0.3, 0.4) is 0 Å². The van der Waals surface area contributed by atoms with E-state index in [1.807, 2.05) is 27.7 Å². The molecule has 0 aromatic heterocycles. The molecule has 0 heterocycles. The number of Topliss-reactive ketones (excluding diaryl/α,β-unsaturated/α-hetero) is 1. The molecule has 0 N–H and O–H groups in total. The largest absolute Gasteiger partial charge is 0.300 e. The molecule has 0 rings (SSSR count). The van der Waals surface area contributed by atoms with E-state index in [4.69, 9.17) is 0 Å². The molecule has 114 valence electrons. The lowest BCUT2D eigenvalue weighted by Crippen LogP contribution is -2.10. The van der Waals surface area contributed by atoms with E-state index in [1.54, 1.807) is 6.92 Å². The average Bonchev–Trinajstić information content (AvgIpc) is 2.40. The minimum atomic E-state index is 0.347. The summed E-state index contributed by atoms with van der Waals surface area (Å²) in [5, 5.41) is 0. The average molecular weight is 261 g/mol. The van der Waals surface area contributed by atoms with Crippen LogP contribution >= 0.6 is 0 Å². The lowest BCUT2D eigenvalue weighted by Gasteiger charge is -2.10. The normalized spacial score (nSPS) is 9.61. The molecule has 0 bridgehead atoms. The molecular weight excluding hydrogens is 220 g/mol. The van der Waals surface area contributed by atoms with Crippen LogP contribution in [0.1, 0.15) is 101 Å². The van der Waals surface area contributed by atoms with Crippen molar-refractivity contribution in [3.63, 3.8) is 0 Å². The van der Waals surface area contributed by atoms with Crippen LogP contribution in [0, 0.1) is 5.92 Å². The Kier molecular flexibility index (Phi) is 43.9. The number of rotatable bonds is 6. The van der Waals surface area contributed by atoms with Gasteiger partial charge in [-0.1, -0.05) is 81.1 Å². The van der Waals surface area contributed by atoms with Crippen molar-refractivity contribution in [2.75, 3.05) is 0 Å². The fourth-order valence-corrected chi connectivity index (χ4v) is 1.35. The number of hydrogen-bond acceptors (Lipinski definition) is 1. The van der Waals surface area contributed by atoms with E-state index in [1.165, 1.54) is 19.3 Å². The van der Waals surface area contributed by atoms with Gasteiger partial charge in [-0.3, -0.25) is 4.79 Å². The molecule has 0 spiro atoms. The maximum atomic E-state index is 11.0. The molecular formula is C17H40O. The minimum Gasteiger partial charge on any atom is -0.300 e. The second kappa shape index (κ2) is 30.1. The summed E-state index contributed by atoms with van der Waals surface area (Å²) in [5.74, 6) is 0.722. The van der Waals surface area contributed by atoms with Crippen LogP contribution in [-0.4, -0.2) is 5.78 Å². The van der Waals surface area contributed by atoms with Gasteiger partial charge in [-0.15, -0.1) is 0 Å². The van der Waals surface area contributed by atoms with Gasteiger partial charge in [0, 0.05) is 5.92 Å². The van der Waals surface area contributed by atoms with E-state index in [0.717, 1.165) is 19.3 Å². The van der Waals surface area contributed by atoms with Gasteiger partial charge in [-0.05, 0) is 19.8 Å². The summed E-state index contributed by atoms with van der Waals surface area (Å²) in [5.41, 5.74) is 0. The maximum Gasteiger partial charge on any atom is 0.132 e. The van der Waals surface area contributed by atoms with Crippen LogP contribution in [0.4, 0.5) is 0 Å². The van der Waals surface area contributed by atoms with Gasteiger partial charge in [-0.2, -0.15) is 0 Å². The molecule has 18 heavy (non-hydrogen) atoms. The Balaban J connectivity index is -0.000000118. The molecule has 1 nitrogen and oxygen atoms in total. The molecule has 0 aliphatic carbocycles. The van der Waals surface area contributed by atoms with E-state index in [2.05, 4.69) is 27.7 Å². The Morgan fingerprint density at radius 2 is 1.22 bits per heavy atom. The summed E-state index contributed by atoms with van der Waals surface area (Å²) in [7, 11) is 0. The van der Waals surface area contributed by atoms with Gasteiger partial charge in [0.2, 0.25) is 0 Å². The third-order valence-corrected chi connectivity index (χ3v) is 2.12. The quantitative estimate of drug-likeness (QED) is 0.522. The summed E-state index contributed by atoms with van der Waals surface area (Å²) in [6.07, 6.45) is 6.96. The predicted molar refractivity (Wildman–Crippen MR) is 87.3 cm³/mol. The lowest BCUT2D eigenvalue weighted by atomic mass is 9.94. The van der Waals surface area contributed by atoms with Crippen molar-refractivity contribution in [2.45, 2.75) is 101 Å². The highest BCUT2D eigenvalue weighted by molar-refractivity contribution is 5.78. The monoisotopic (exact) mass is 260 g/mol. The van der Waals surface area contributed by atoms with Crippen LogP contribution in [0.5, 0.6) is 0 Å². The standard InChI is InChI=1S/C10H20O.C3H8.2C2H6/c1-4-6-8-10(7-5-2)9(3)11;1-3-2;2*1-2/h10H,4-8H2,1-3H3;3H2,1-2H3;2*1-2H3. The number of carbonyl (C=O) groups is 1. The molecule has 0 aliphatic heterocycles. The highest BCUT2D eigenvalue weighted by atomic mass is 16.1. The lowest BCUT2D eigenvalue weighted by molar-refractivity contribution is -0.121. The molecule has 0 saturated heterocycles. The van der Waals surface area contributed by atoms with Crippen LogP contribution in [0.15, 0.2) is 0 Å². The van der Waals surface area contributed by atoms with Crippen LogP contribution in [-0.2, 0) is 4.79 Å². The second-order valence-electron chi connectivity index (χ2n) is 3.95. The van der Waals surface area contributed by atoms with Gasteiger partial charge in [0.15, 0.2) is 0 Å². The van der Waals surface area contributed by atoms with E-state index >= 15 is 0 Å². The van der Waals surface area contributed by atoms with E-state index in [0.29, 0.717) is 11.7 Å². The number of hydrogen-bond donors (Lipinski definition) is 0. The zero-order valence-corrected chi connectivity index (χ0v) is 14.7. The Hall–Kier alpha value is -0.330. The Bertz CT molecular complexity index is 119. The molecule has 0 saturated carbocycles. The fourth-order valence-electron chi connectivity index (χ4n) is 1.35. The van der Waals surface area contributed by atoms with Crippen molar-refractivity contribution >= 4 is 5.78 Å². The molecule has 0 radical (unpaired) electrons. The molecule has 1 atom stereocenters. The summed E-state index contributed by atoms with van der Waals surface area (Å²) in [4.78, 5) is 11.0. The van der Waals surface area contributed by atoms with Gasteiger partial charge in [-0.25, -0.2) is 0 Å². The first-order valence-corrected chi connectivity index (χ1v) is 8.14. The van der Waals surface area contributed by atoms with Crippen molar-refractivity contribution < 1.29 is 4.79 Å². The third kappa shape index (κ3) is 29.6. The molecule has 0 aliphatic rings. The fraction of sp³-hybridized carbons (Fsp3) is 0.941. The Labute approximate surface area is 118 Å². The van der Waals surface area contributed by atoms with Gasteiger partial charge in [0.05, 0.1) is 0 Å². The first-order valence-electron chi connectivity index (χ1n) is 8.14. The topological polar surface area (TPSA) is 17.1 Å². The van der Waals surface area contributed by atoms with Crippen molar-refractivity contribution in [3.05, 3.63) is 0 Å². The van der Waals surface area contributed by atoms with Crippen LogP contribution in [0.25, 0.3) is 0 Å². The summed E-state index contributed by atoms with van der Waals surface area (Å²) in [6.45, 7) is 18.3. The summed E-state index contributed by atoms with van der Waals surface area (Å²) >= 11 is 0. The molecule has 0 fully saturated rings. The minimum absolute atomic E-state index is 0.347. The van der Waals surface area contributed by atoms with Crippen molar-refractivity contribution in [1.82, 2.24) is 0 Å². The summed E-state index contributed by atoms with van der Waals surface area (Å²) in [6, 6.07) is 0. The van der Waals surface area contributed by atoms with Gasteiger partial charge >= 0.3 is 0 Å². The van der Waals surface area contributed by atoms with Crippen molar-refractivity contribution in [2.24, 2.45) is 5.92 Å². The van der Waals surface area contributed by atoms with E-state index in [9.17, 15) is 4.79 Å². The predicted octanol–water partition coefficient (Wildman–Crippen LogP) is 6.65. The number of ketones is 1. The Morgan fingerprint density at radius 3 is 1.44 bits per heavy atom. The SMILES string of the molecule is CC.CC.CCC.CCCCC(CCC)C(C)=O. The molecule has 1 unspecified atom stereocenters. The van der Waals surface area contributed by atoms with E-state index < -0.39 is 0 Å². The van der Waals surface area contributed by atoms with Crippen LogP contribution < -0.4 is 0 Å². The van der Waals surface area contributed by atoms with Crippen LogP contribution in [0.2, 0.25) is 0 Å². The van der Waals surface area contributed by atoms with Crippen molar-refractivity contribution in [1.29, 1.82) is 0 Å². The smallest absolute Gasteiger partial charge is 0.132 e. The molecule has 0 amide bonds.